The van der Waals surface area contributed by atoms with Gasteiger partial charge in [0.15, 0.2) is 0 Å². The van der Waals surface area contributed by atoms with Crippen molar-refractivity contribution in [2.24, 2.45) is 0 Å². The molecule has 0 fully saturated rings. The lowest BCUT2D eigenvalue weighted by Crippen LogP contribution is -2.34. The zero-order valence-corrected chi connectivity index (χ0v) is 12.4. The third kappa shape index (κ3) is 6.05. The fraction of sp³-hybridized carbons (Fsp3) is 0.231. The second-order valence-electron chi connectivity index (χ2n) is 4.05. The number of amides is 3. The van der Waals surface area contributed by atoms with Gasteiger partial charge in [0.05, 0.1) is 11.3 Å². The summed E-state index contributed by atoms with van der Waals surface area (Å²) in [6.45, 7) is 0. The Balaban J connectivity index is 2.52. The molecule has 1 aromatic carbocycles. The van der Waals surface area contributed by atoms with Crippen LogP contribution < -0.4 is 10.6 Å². The molecule has 8 heteroatoms. The third-order valence-corrected chi connectivity index (χ3v) is 2.89. The predicted octanol–water partition coefficient (Wildman–Crippen LogP) is 2.22. The maximum atomic E-state index is 11.6. The Hall–Kier alpha value is -2.40. The summed E-state index contributed by atoms with van der Waals surface area (Å²) in [6.07, 6.45) is -0.0539. The maximum Gasteiger partial charge on any atom is 0.325 e. The van der Waals surface area contributed by atoms with E-state index in [1.54, 1.807) is 6.07 Å². The van der Waals surface area contributed by atoms with Crippen molar-refractivity contribution >= 4 is 39.5 Å². The van der Waals surface area contributed by atoms with Gasteiger partial charge in [0.2, 0.25) is 5.91 Å². The van der Waals surface area contributed by atoms with E-state index in [2.05, 4.69) is 26.6 Å². The minimum atomic E-state index is -0.999. The van der Waals surface area contributed by atoms with Crippen LogP contribution in [0.25, 0.3) is 0 Å². The monoisotopic (exact) mass is 353 g/mol. The molecule has 110 valence electrons. The Labute approximate surface area is 129 Å². The number of hydrogen-bond acceptors (Lipinski definition) is 4. The van der Waals surface area contributed by atoms with Gasteiger partial charge in [0, 0.05) is 17.3 Å². The molecule has 0 bridgehead atoms. The number of anilines is 1. The van der Waals surface area contributed by atoms with E-state index in [4.69, 9.17) is 10.4 Å². The van der Waals surface area contributed by atoms with Crippen molar-refractivity contribution in [2.45, 2.75) is 19.3 Å². The first-order chi connectivity index (χ1) is 9.92. The van der Waals surface area contributed by atoms with Crippen LogP contribution >= 0.6 is 15.9 Å². The zero-order chi connectivity index (χ0) is 15.8. The molecule has 0 unspecified atom stereocenters. The zero-order valence-electron chi connectivity index (χ0n) is 10.9. The van der Waals surface area contributed by atoms with Crippen molar-refractivity contribution < 1.29 is 19.5 Å². The lowest BCUT2D eigenvalue weighted by atomic mass is 10.2. The van der Waals surface area contributed by atoms with E-state index < -0.39 is 17.9 Å². The molecule has 3 amide bonds. The average Bonchev–Trinajstić information content (AvgIpc) is 2.40. The van der Waals surface area contributed by atoms with Gasteiger partial charge in [-0.25, -0.2) is 4.79 Å². The van der Waals surface area contributed by atoms with Crippen molar-refractivity contribution in [1.82, 2.24) is 5.32 Å². The van der Waals surface area contributed by atoms with Gasteiger partial charge in [-0.2, -0.15) is 5.26 Å². The van der Waals surface area contributed by atoms with Crippen LogP contribution in [0.2, 0.25) is 0 Å². The highest BCUT2D eigenvalue weighted by molar-refractivity contribution is 9.10. The maximum absolute atomic E-state index is 11.6. The summed E-state index contributed by atoms with van der Waals surface area (Å²) in [5, 5.41) is 21.8. The van der Waals surface area contributed by atoms with Crippen LogP contribution in [0.1, 0.15) is 24.8 Å². The lowest BCUT2D eigenvalue weighted by molar-refractivity contribution is -0.137. The van der Waals surface area contributed by atoms with Gasteiger partial charge in [-0.05, 0) is 24.6 Å². The highest BCUT2D eigenvalue weighted by atomic mass is 79.9. The highest BCUT2D eigenvalue weighted by Crippen LogP contribution is 2.20. The topological polar surface area (TPSA) is 119 Å². The predicted molar refractivity (Wildman–Crippen MR) is 77.5 cm³/mol. The number of carboxylic acid groups (broad SMARTS) is 1. The number of urea groups is 1. The van der Waals surface area contributed by atoms with Crippen LogP contribution in [0.4, 0.5) is 10.5 Å². The molecule has 0 saturated carbocycles. The fourth-order valence-electron chi connectivity index (χ4n) is 1.46. The molecule has 1 aromatic rings. The van der Waals surface area contributed by atoms with Crippen molar-refractivity contribution in [3.8, 4) is 6.07 Å². The molecule has 0 atom stereocenters. The molecule has 0 radical (unpaired) electrons. The van der Waals surface area contributed by atoms with Crippen molar-refractivity contribution in [3.05, 3.63) is 28.2 Å². The number of nitriles is 1. The average molecular weight is 354 g/mol. The molecule has 7 nitrogen and oxygen atoms in total. The summed E-state index contributed by atoms with van der Waals surface area (Å²) < 4.78 is 0.690. The summed E-state index contributed by atoms with van der Waals surface area (Å²) in [7, 11) is 0. The van der Waals surface area contributed by atoms with Crippen molar-refractivity contribution in [2.75, 3.05) is 5.32 Å². The molecule has 0 saturated heterocycles. The van der Waals surface area contributed by atoms with E-state index in [9.17, 15) is 14.4 Å². The summed E-state index contributed by atoms with van der Waals surface area (Å²) >= 11 is 3.20. The van der Waals surface area contributed by atoms with Gasteiger partial charge < -0.3 is 10.4 Å². The van der Waals surface area contributed by atoms with Crippen LogP contribution in [0, 0.1) is 11.3 Å². The van der Waals surface area contributed by atoms with Gasteiger partial charge in [-0.1, -0.05) is 15.9 Å². The molecule has 0 spiro atoms. The second kappa shape index (κ2) is 8.01. The Morgan fingerprint density at radius 1 is 1.29 bits per heavy atom. The molecule has 0 aliphatic rings. The lowest BCUT2D eigenvalue weighted by Gasteiger charge is -2.08. The minimum absolute atomic E-state index is 0.0643. The van der Waals surface area contributed by atoms with Gasteiger partial charge in [-0.15, -0.1) is 0 Å². The largest absolute Gasteiger partial charge is 0.481 e. The number of carbonyl (C=O) groups excluding carboxylic acids is 2. The van der Waals surface area contributed by atoms with Crippen LogP contribution in [0.5, 0.6) is 0 Å². The number of carboxylic acids is 1. The molecule has 0 aliphatic carbocycles. The molecular weight excluding hydrogens is 342 g/mol. The van der Waals surface area contributed by atoms with Gasteiger partial charge in [-0.3, -0.25) is 14.9 Å². The Morgan fingerprint density at radius 2 is 2.00 bits per heavy atom. The second-order valence-corrected chi connectivity index (χ2v) is 4.97. The number of nitrogens with one attached hydrogen (secondary N) is 2. The molecule has 1 rings (SSSR count). The number of halogens is 1. The van der Waals surface area contributed by atoms with Gasteiger partial charge in [0.1, 0.15) is 6.07 Å². The van der Waals surface area contributed by atoms with Crippen LogP contribution in [-0.2, 0) is 9.59 Å². The Bertz CT molecular complexity index is 610. The number of imide groups is 1. The van der Waals surface area contributed by atoms with Crippen LogP contribution in [0.15, 0.2) is 22.7 Å². The number of benzene rings is 1. The van der Waals surface area contributed by atoms with E-state index in [-0.39, 0.29) is 30.5 Å². The quantitative estimate of drug-likeness (QED) is 0.749. The smallest absolute Gasteiger partial charge is 0.325 e. The first-order valence-electron chi connectivity index (χ1n) is 5.94. The first kappa shape index (κ1) is 16.7. The first-order valence-corrected chi connectivity index (χ1v) is 6.74. The van der Waals surface area contributed by atoms with Gasteiger partial charge in [0.25, 0.3) is 0 Å². The summed E-state index contributed by atoms with van der Waals surface area (Å²) in [5.41, 5.74) is 0.523. The number of aliphatic carboxylic acids is 1. The number of nitrogens with zero attached hydrogens (tertiary/aromatic N) is 1. The minimum Gasteiger partial charge on any atom is -0.481 e. The normalized spacial score (nSPS) is 9.52. The SMILES string of the molecule is N#Cc1cc(Br)ccc1NC(=O)NC(=O)CCCC(=O)O. The van der Waals surface area contributed by atoms with E-state index in [1.165, 1.54) is 12.1 Å². The molecule has 21 heavy (non-hydrogen) atoms. The van der Waals surface area contributed by atoms with Crippen LogP contribution in [-0.4, -0.2) is 23.0 Å². The van der Waals surface area contributed by atoms with E-state index in [0.29, 0.717) is 4.47 Å². The molecule has 0 heterocycles. The fourth-order valence-corrected chi connectivity index (χ4v) is 1.82. The summed E-state index contributed by atoms with van der Waals surface area (Å²) in [5.74, 6) is -1.58. The third-order valence-electron chi connectivity index (χ3n) is 2.40. The Kier molecular flexibility index (Phi) is 6.36. The number of hydrogen-bond donors (Lipinski definition) is 3. The Morgan fingerprint density at radius 3 is 2.62 bits per heavy atom. The molecule has 3 N–H and O–H groups in total. The molecule has 0 aliphatic heterocycles. The molecular formula is C13H12BrN3O4. The summed E-state index contributed by atoms with van der Waals surface area (Å²) in [4.78, 5) is 33.3. The summed E-state index contributed by atoms with van der Waals surface area (Å²) in [6, 6.07) is 5.85. The van der Waals surface area contributed by atoms with Crippen molar-refractivity contribution in [1.29, 1.82) is 5.26 Å². The van der Waals surface area contributed by atoms with E-state index >= 15 is 0 Å². The van der Waals surface area contributed by atoms with E-state index in [1.807, 2.05) is 6.07 Å². The molecule has 0 aromatic heterocycles. The number of rotatable bonds is 5. The van der Waals surface area contributed by atoms with Crippen LogP contribution in [0.3, 0.4) is 0 Å². The van der Waals surface area contributed by atoms with E-state index in [0.717, 1.165) is 0 Å². The highest BCUT2D eigenvalue weighted by Gasteiger charge is 2.11. The number of carbonyl (C=O) groups is 3. The van der Waals surface area contributed by atoms with Crippen molar-refractivity contribution in [3.63, 3.8) is 0 Å². The standard InChI is InChI=1S/C13H12BrN3O4/c14-9-4-5-10(8(6-9)7-15)16-13(21)17-11(18)2-1-3-12(19)20/h4-6H,1-3H2,(H,19,20)(H2,16,17,18,21). The van der Waals surface area contributed by atoms with Gasteiger partial charge >= 0.3 is 12.0 Å².